The van der Waals surface area contributed by atoms with Crippen LogP contribution in [0.1, 0.15) is 12.0 Å². The Labute approximate surface area is 83.7 Å². The minimum atomic E-state index is -0.739. The minimum absolute atomic E-state index is 0.00898. The Kier molecular flexibility index (Phi) is 1.46. The molecule has 0 atom stereocenters. The maximum atomic E-state index is 11.5. The van der Waals surface area contributed by atoms with Crippen LogP contribution in [-0.4, -0.2) is 17.0 Å². The van der Waals surface area contributed by atoms with Crippen molar-refractivity contribution >= 4 is 11.7 Å². The molecule has 3 rings (SSSR count). The fourth-order valence-electron chi connectivity index (χ4n) is 2.18. The van der Waals surface area contributed by atoms with Gasteiger partial charge in [-0.2, -0.15) is 0 Å². The zero-order valence-corrected chi connectivity index (χ0v) is 7.86. The van der Waals surface area contributed by atoms with Gasteiger partial charge in [0.15, 0.2) is 0 Å². The quantitative estimate of drug-likeness (QED) is 0.553. The van der Waals surface area contributed by atoms with E-state index in [0.29, 0.717) is 24.3 Å². The van der Waals surface area contributed by atoms with Crippen molar-refractivity contribution in [3.05, 3.63) is 26.5 Å². The summed E-state index contributed by atoms with van der Waals surface area (Å²) in [7, 11) is 0. The van der Waals surface area contributed by atoms with Gasteiger partial charge in [0.05, 0.1) is 5.56 Å². The largest absolute Gasteiger partial charge is 0.423 e. The molecule has 0 N–H and O–H groups in total. The second-order valence-corrected chi connectivity index (χ2v) is 3.69. The molecule has 1 amide bonds. The molecule has 6 nitrogen and oxygen atoms in total. The molecule has 1 aromatic heterocycles. The van der Waals surface area contributed by atoms with E-state index in [9.17, 15) is 14.4 Å². The fraction of sp³-hybridized carbons (Fsp3) is 0.444. The predicted molar refractivity (Wildman–Crippen MR) is 49.9 cm³/mol. The minimum Gasteiger partial charge on any atom is -0.372 e. The maximum Gasteiger partial charge on any atom is 0.423 e. The Morgan fingerprint density at radius 3 is 2.80 bits per heavy atom. The zero-order valence-electron chi connectivity index (χ0n) is 7.86. The first-order valence-corrected chi connectivity index (χ1v) is 4.75. The van der Waals surface area contributed by atoms with Crippen LogP contribution in [-0.2, 0) is 17.8 Å². The highest BCUT2D eigenvalue weighted by Crippen LogP contribution is 2.27. The van der Waals surface area contributed by atoms with Gasteiger partial charge in [0.1, 0.15) is 12.4 Å². The fourth-order valence-corrected chi connectivity index (χ4v) is 2.18. The van der Waals surface area contributed by atoms with Crippen molar-refractivity contribution in [1.29, 1.82) is 0 Å². The van der Waals surface area contributed by atoms with Gasteiger partial charge in [-0.3, -0.25) is 14.3 Å². The SMILES string of the molecule is O=C1Cn2c3c(c(=O)oc2=O)CCCN13. The smallest absolute Gasteiger partial charge is 0.372 e. The van der Waals surface area contributed by atoms with E-state index < -0.39 is 11.4 Å². The van der Waals surface area contributed by atoms with Crippen LogP contribution in [0.15, 0.2) is 14.0 Å². The lowest BCUT2D eigenvalue weighted by atomic mass is 10.1. The Morgan fingerprint density at radius 1 is 1.20 bits per heavy atom. The third-order valence-corrected chi connectivity index (χ3v) is 2.83. The molecule has 0 saturated heterocycles. The van der Waals surface area contributed by atoms with Crippen LogP contribution in [0.5, 0.6) is 0 Å². The highest BCUT2D eigenvalue weighted by Gasteiger charge is 2.35. The molecule has 6 heteroatoms. The van der Waals surface area contributed by atoms with E-state index in [1.54, 1.807) is 0 Å². The van der Waals surface area contributed by atoms with Gasteiger partial charge in [0.2, 0.25) is 5.91 Å². The predicted octanol–water partition coefficient (Wildman–Crippen LogP) is -0.906. The lowest BCUT2D eigenvalue weighted by Gasteiger charge is -2.22. The molecule has 1 aromatic rings. The third-order valence-electron chi connectivity index (χ3n) is 2.83. The molecular weight excluding hydrogens is 200 g/mol. The third kappa shape index (κ3) is 0.958. The van der Waals surface area contributed by atoms with Crippen LogP contribution in [0, 0.1) is 0 Å². The van der Waals surface area contributed by atoms with E-state index in [-0.39, 0.29) is 12.5 Å². The number of amides is 1. The molecule has 0 spiro atoms. The van der Waals surface area contributed by atoms with E-state index in [2.05, 4.69) is 4.42 Å². The van der Waals surface area contributed by atoms with Gasteiger partial charge in [-0.1, -0.05) is 0 Å². The van der Waals surface area contributed by atoms with Crippen LogP contribution in [0.3, 0.4) is 0 Å². The molecule has 0 radical (unpaired) electrons. The lowest BCUT2D eigenvalue weighted by molar-refractivity contribution is -0.118. The first kappa shape index (κ1) is 8.46. The summed E-state index contributed by atoms with van der Waals surface area (Å²) in [5.74, 6) is -0.433. The monoisotopic (exact) mass is 208 g/mol. The molecule has 0 saturated carbocycles. The van der Waals surface area contributed by atoms with Gasteiger partial charge in [-0.15, -0.1) is 0 Å². The molecule has 0 bridgehead atoms. The van der Waals surface area contributed by atoms with E-state index in [1.165, 1.54) is 9.47 Å². The molecule has 0 unspecified atom stereocenters. The standard InChI is InChI=1S/C9H8N2O4/c12-6-4-11-7-5(2-1-3-10(6)7)8(13)15-9(11)14/h1-4H2. The molecule has 2 aliphatic heterocycles. The van der Waals surface area contributed by atoms with Crippen molar-refractivity contribution < 1.29 is 9.21 Å². The van der Waals surface area contributed by atoms with Crippen LogP contribution in [0.4, 0.5) is 5.82 Å². The summed E-state index contributed by atoms with van der Waals surface area (Å²) in [6, 6.07) is 0. The first-order valence-electron chi connectivity index (χ1n) is 4.75. The molecule has 78 valence electrons. The summed E-state index contributed by atoms with van der Waals surface area (Å²) >= 11 is 0. The van der Waals surface area contributed by atoms with Crippen LogP contribution in [0.2, 0.25) is 0 Å². The second-order valence-electron chi connectivity index (χ2n) is 3.69. The number of anilines is 1. The van der Waals surface area contributed by atoms with Crippen molar-refractivity contribution in [3.63, 3.8) is 0 Å². The molecule has 0 aliphatic carbocycles. The van der Waals surface area contributed by atoms with E-state index >= 15 is 0 Å². The Bertz CT molecular complexity index is 568. The number of nitrogens with zero attached hydrogens (tertiary/aromatic N) is 2. The summed E-state index contributed by atoms with van der Waals surface area (Å²) in [5.41, 5.74) is -0.155. The average Bonchev–Trinajstić information content (AvgIpc) is 2.55. The second kappa shape index (κ2) is 2.59. The van der Waals surface area contributed by atoms with Crippen LogP contribution >= 0.6 is 0 Å². The van der Waals surface area contributed by atoms with Crippen molar-refractivity contribution in [2.24, 2.45) is 0 Å². The molecule has 0 fully saturated rings. The molecule has 0 aromatic carbocycles. The number of aromatic nitrogens is 1. The number of hydrogen-bond donors (Lipinski definition) is 0. The van der Waals surface area contributed by atoms with Gasteiger partial charge in [-0.05, 0) is 12.8 Å². The highest BCUT2D eigenvalue weighted by molar-refractivity contribution is 5.96. The summed E-state index contributed by atoms with van der Waals surface area (Å²) in [6.45, 7) is 0.569. The summed E-state index contributed by atoms with van der Waals surface area (Å²) in [5, 5.41) is 0. The summed E-state index contributed by atoms with van der Waals surface area (Å²) < 4.78 is 5.78. The zero-order chi connectivity index (χ0) is 10.6. The van der Waals surface area contributed by atoms with Crippen LogP contribution in [0.25, 0.3) is 0 Å². The molecular formula is C9H8N2O4. The van der Waals surface area contributed by atoms with Gasteiger partial charge in [0.25, 0.3) is 0 Å². The van der Waals surface area contributed by atoms with Gasteiger partial charge in [0, 0.05) is 6.54 Å². The highest BCUT2D eigenvalue weighted by atomic mass is 16.4. The van der Waals surface area contributed by atoms with E-state index in [0.717, 1.165) is 6.42 Å². The van der Waals surface area contributed by atoms with Gasteiger partial charge in [-0.25, -0.2) is 9.59 Å². The van der Waals surface area contributed by atoms with Crippen molar-refractivity contribution in [2.45, 2.75) is 19.4 Å². The van der Waals surface area contributed by atoms with Gasteiger partial charge < -0.3 is 4.42 Å². The Balaban J connectivity index is 2.42. The number of carbonyl (C=O) groups excluding carboxylic acids is 1. The Morgan fingerprint density at radius 2 is 2.00 bits per heavy atom. The molecule has 15 heavy (non-hydrogen) atoms. The average molecular weight is 208 g/mol. The van der Waals surface area contributed by atoms with Crippen LogP contribution < -0.4 is 16.3 Å². The van der Waals surface area contributed by atoms with Gasteiger partial charge >= 0.3 is 11.4 Å². The first-order chi connectivity index (χ1) is 7.18. The maximum absolute atomic E-state index is 11.5. The van der Waals surface area contributed by atoms with Crippen molar-refractivity contribution in [2.75, 3.05) is 11.4 Å². The Hall–Kier alpha value is -1.85. The van der Waals surface area contributed by atoms with E-state index in [4.69, 9.17) is 0 Å². The molecule has 2 aliphatic rings. The number of carbonyl (C=O) groups is 1. The van der Waals surface area contributed by atoms with Crippen molar-refractivity contribution in [1.82, 2.24) is 4.57 Å². The normalized spacial score (nSPS) is 18.1. The number of hydrogen-bond acceptors (Lipinski definition) is 4. The van der Waals surface area contributed by atoms with E-state index in [1.807, 2.05) is 0 Å². The number of rotatable bonds is 0. The lowest BCUT2D eigenvalue weighted by Crippen LogP contribution is -2.34. The van der Waals surface area contributed by atoms with Crippen molar-refractivity contribution in [3.8, 4) is 0 Å². The molecule has 3 heterocycles. The summed E-state index contributed by atoms with van der Waals surface area (Å²) in [4.78, 5) is 35.8. The topological polar surface area (TPSA) is 72.5 Å². The summed E-state index contributed by atoms with van der Waals surface area (Å²) in [6.07, 6.45) is 1.31.